The highest BCUT2D eigenvalue weighted by molar-refractivity contribution is 5.71. The van der Waals surface area contributed by atoms with Crippen LogP contribution in [0.3, 0.4) is 0 Å². The molecule has 0 aliphatic rings. The first-order chi connectivity index (χ1) is 37.0. The highest BCUT2D eigenvalue weighted by atomic mass is 16.6. The van der Waals surface area contributed by atoms with E-state index in [4.69, 9.17) is 14.2 Å². The molecule has 6 heteroatoms. The number of carbonyl (C=O) groups excluding carboxylic acids is 3. The van der Waals surface area contributed by atoms with Gasteiger partial charge in [0.25, 0.3) is 0 Å². The fourth-order valence-corrected chi connectivity index (χ4v) is 8.08. The second kappa shape index (κ2) is 62.1. The summed E-state index contributed by atoms with van der Waals surface area (Å²) in [4.78, 5) is 38.3. The molecule has 1 unspecified atom stereocenters. The molecule has 424 valence electrons. The molecule has 0 N–H and O–H groups in total. The molecule has 0 spiro atoms. The van der Waals surface area contributed by atoms with E-state index >= 15 is 0 Å². The van der Waals surface area contributed by atoms with Crippen molar-refractivity contribution in [2.75, 3.05) is 13.2 Å². The predicted molar refractivity (Wildman–Crippen MR) is 325 cm³/mol. The summed E-state index contributed by atoms with van der Waals surface area (Å²) in [5.41, 5.74) is 0. The summed E-state index contributed by atoms with van der Waals surface area (Å²) >= 11 is 0. The summed E-state index contributed by atoms with van der Waals surface area (Å²) in [5, 5.41) is 0. The fraction of sp³-hybridized carbons (Fsp3) is 0.638. The number of allylic oxidation sites excluding steroid dienone is 22. The van der Waals surface area contributed by atoms with Crippen molar-refractivity contribution in [3.8, 4) is 0 Å². The zero-order valence-corrected chi connectivity index (χ0v) is 48.5. The summed E-state index contributed by atoms with van der Waals surface area (Å²) in [5.74, 6) is -0.957. The maximum Gasteiger partial charge on any atom is 0.306 e. The monoisotopic (exact) mass is 1040 g/mol. The molecule has 0 aromatic carbocycles. The molecule has 0 saturated heterocycles. The highest BCUT2D eigenvalue weighted by Gasteiger charge is 2.19. The van der Waals surface area contributed by atoms with Crippen LogP contribution in [0.1, 0.15) is 265 Å². The van der Waals surface area contributed by atoms with Gasteiger partial charge in [0.15, 0.2) is 6.10 Å². The van der Waals surface area contributed by atoms with Crippen LogP contribution in [0.4, 0.5) is 0 Å². The normalized spacial score (nSPS) is 13.1. The number of esters is 3. The molecule has 0 aromatic heterocycles. The lowest BCUT2D eigenvalue weighted by Crippen LogP contribution is -2.30. The van der Waals surface area contributed by atoms with Crippen molar-refractivity contribution >= 4 is 17.9 Å². The maximum absolute atomic E-state index is 12.9. The smallest absolute Gasteiger partial charge is 0.306 e. The topological polar surface area (TPSA) is 78.9 Å². The van der Waals surface area contributed by atoms with Gasteiger partial charge in [0.2, 0.25) is 0 Å². The number of carbonyl (C=O) groups is 3. The summed E-state index contributed by atoms with van der Waals surface area (Å²) in [7, 11) is 0. The molecule has 0 amide bonds. The van der Waals surface area contributed by atoms with Crippen LogP contribution in [-0.2, 0) is 28.6 Å². The van der Waals surface area contributed by atoms with Crippen LogP contribution in [0.2, 0.25) is 0 Å². The van der Waals surface area contributed by atoms with Gasteiger partial charge in [-0.15, -0.1) is 0 Å². The summed E-state index contributed by atoms with van der Waals surface area (Å²) in [6.07, 6.45) is 87.3. The molecule has 0 radical (unpaired) electrons. The molecular formula is C69H112O6. The lowest BCUT2D eigenvalue weighted by molar-refractivity contribution is -0.167. The van der Waals surface area contributed by atoms with Crippen molar-refractivity contribution in [2.45, 2.75) is 271 Å². The van der Waals surface area contributed by atoms with Gasteiger partial charge in [-0.25, -0.2) is 0 Å². The third kappa shape index (κ3) is 60.3. The Morgan fingerprint density at radius 2 is 0.520 bits per heavy atom. The van der Waals surface area contributed by atoms with Crippen molar-refractivity contribution in [1.29, 1.82) is 0 Å². The molecule has 0 aliphatic carbocycles. The molecule has 0 aliphatic heterocycles. The molecule has 0 rings (SSSR count). The summed E-state index contributed by atoms with van der Waals surface area (Å²) in [6.45, 7) is 6.35. The first kappa shape index (κ1) is 70.5. The van der Waals surface area contributed by atoms with Gasteiger partial charge in [0, 0.05) is 19.3 Å². The van der Waals surface area contributed by atoms with Gasteiger partial charge >= 0.3 is 17.9 Å². The largest absolute Gasteiger partial charge is 0.462 e. The predicted octanol–water partition coefficient (Wildman–Crippen LogP) is 21.0. The third-order valence-corrected chi connectivity index (χ3v) is 12.6. The lowest BCUT2D eigenvalue weighted by Gasteiger charge is -2.18. The minimum atomic E-state index is -0.808. The maximum atomic E-state index is 12.9. The van der Waals surface area contributed by atoms with Crippen LogP contribution < -0.4 is 0 Å². The van der Waals surface area contributed by atoms with E-state index in [1.54, 1.807) is 0 Å². The first-order valence-corrected chi connectivity index (χ1v) is 30.7. The Morgan fingerprint density at radius 3 is 0.827 bits per heavy atom. The average Bonchev–Trinajstić information content (AvgIpc) is 3.41. The number of hydrogen-bond donors (Lipinski definition) is 0. The van der Waals surface area contributed by atoms with Gasteiger partial charge < -0.3 is 14.2 Å². The van der Waals surface area contributed by atoms with E-state index in [0.29, 0.717) is 19.3 Å². The number of unbranched alkanes of at least 4 members (excludes halogenated alkanes) is 21. The van der Waals surface area contributed by atoms with E-state index in [9.17, 15) is 14.4 Å². The summed E-state index contributed by atoms with van der Waals surface area (Å²) in [6, 6.07) is 0. The van der Waals surface area contributed by atoms with E-state index in [1.807, 2.05) is 0 Å². The molecule has 0 fully saturated rings. The van der Waals surface area contributed by atoms with Gasteiger partial charge in [-0.2, -0.15) is 0 Å². The Balaban J connectivity index is 4.44. The van der Waals surface area contributed by atoms with Crippen LogP contribution in [0.5, 0.6) is 0 Å². The van der Waals surface area contributed by atoms with E-state index in [1.165, 1.54) is 77.0 Å². The van der Waals surface area contributed by atoms with Gasteiger partial charge in [0.1, 0.15) is 13.2 Å². The zero-order valence-electron chi connectivity index (χ0n) is 48.5. The molecular weight excluding hydrogens is 925 g/mol. The Morgan fingerprint density at radius 1 is 0.280 bits per heavy atom. The highest BCUT2D eigenvalue weighted by Crippen LogP contribution is 2.14. The van der Waals surface area contributed by atoms with Crippen LogP contribution >= 0.6 is 0 Å². The lowest BCUT2D eigenvalue weighted by atomic mass is 10.1. The molecule has 0 heterocycles. The van der Waals surface area contributed by atoms with Crippen molar-refractivity contribution in [1.82, 2.24) is 0 Å². The van der Waals surface area contributed by atoms with E-state index < -0.39 is 6.10 Å². The van der Waals surface area contributed by atoms with Gasteiger partial charge in [0.05, 0.1) is 0 Å². The second-order valence-electron chi connectivity index (χ2n) is 19.8. The van der Waals surface area contributed by atoms with Gasteiger partial charge in [-0.3, -0.25) is 14.4 Å². The molecule has 0 bridgehead atoms. The molecule has 0 aromatic rings. The minimum absolute atomic E-state index is 0.103. The Bertz CT molecular complexity index is 1620. The molecule has 75 heavy (non-hydrogen) atoms. The van der Waals surface area contributed by atoms with Crippen molar-refractivity contribution in [3.05, 3.63) is 134 Å². The SMILES string of the molecule is CC/C=C\C/C=C\C/C=C\C/C=C\C/C=C\CCCCCCCCCC(=O)OCC(COC(=O)CCCCC/C=C\C/C=C\C/C=C\CC)OC(=O)CCCCCCCC/C=C\C/C=C\C/C=C\CCCCCCC. The van der Waals surface area contributed by atoms with Crippen LogP contribution in [0.25, 0.3) is 0 Å². The Labute approximate surface area is 462 Å². The van der Waals surface area contributed by atoms with Gasteiger partial charge in [-0.1, -0.05) is 244 Å². The summed E-state index contributed by atoms with van der Waals surface area (Å²) < 4.78 is 16.9. The third-order valence-electron chi connectivity index (χ3n) is 12.6. The van der Waals surface area contributed by atoms with E-state index in [0.717, 1.165) is 148 Å². The van der Waals surface area contributed by atoms with Crippen molar-refractivity contribution in [3.63, 3.8) is 0 Å². The standard InChI is InChI=1S/C69H112O6/c1-4-7-10-13-16-19-22-25-27-29-31-33-34-36-37-39-41-44-47-50-53-56-59-62-68(71)74-65-66(64-73-67(70)61-58-55-52-49-46-43-24-21-18-15-12-9-6-3)75-69(72)63-60-57-54-51-48-45-42-40-38-35-32-30-28-26-23-20-17-14-11-8-5-2/h7,9-10,12,16,18-19,21,23,25-27,30-33,36-38,40,43,46,66H,4-6,8,11,13-15,17,20,22,24,28-29,34-35,39,41-42,44-45,47-65H2,1-3H3/b10-7-,12-9-,19-16-,21-18-,26-23-,27-25-,32-30-,33-31-,37-36-,40-38-,46-43-. The van der Waals surface area contributed by atoms with Crippen molar-refractivity contribution < 1.29 is 28.6 Å². The van der Waals surface area contributed by atoms with Crippen LogP contribution in [0, 0.1) is 0 Å². The average molecular weight is 1040 g/mol. The second-order valence-corrected chi connectivity index (χ2v) is 19.8. The van der Waals surface area contributed by atoms with E-state index in [2.05, 4.69) is 154 Å². The minimum Gasteiger partial charge on any atom is -0.462 e. The van der Waals surface area contributed by atoms with E-state index in [-0.39, 0.29) is 31.1 Å². The fourth-order valence-electron chi connectivity index (χ4n) is 8.08. The van der Waals surface area contributed by atoms with Gasteiger partial charge in [-0.05, 0) is 135 Å². The van der Waals surface area contributed by atoms with Crippen LogP contribution in [0.15, 0.2) is 134 Å². The Hall–Kier alpha value is -4.45. The quantitative estimate of drug-likeness (QED) is 0.0261. The van der Waals surface area contributed by atoms with Crippen molar-refractivity contribution in [2.24, 2.45) is 0 Å². The molecule has 0 saturated carbocycles. The number of rotatable bonds is 54. The zero-order chi connectivity index (χ0) is 54.3. The molecule has 1 atom stereocenters. The number of ether oxygens (including phenoxy) is 3. The van der Waals surface area contributed by atoms with Crippen LogP contribution in [-0.4, -0.2) is 37.2 Å². The Kier molecular flexibility index (Phi) is 58.4. The number of hydrogen-bond acceptors (Lipinski definition) is 6. The molecule has 6 nitrogen and oxygen atoms in total. The first-order valence-electron chi connectivity index (χ1n) is 30.7.